The molecule has 3 aromatic rings. The van der Waals surface area contributed by atoms with Crippen LogP contribution in [0.15, 0.2) is 84.4 Å². The van der Waals surface area contributed by atoms with Crippen molar-refractivity contribution in [1.29, 1.82) is 0 Å². The lowest BCUT2D eigenvalue weighted by Crippen LogP contribution is -2.12. The van der Waals surface area contributed by atoms with Gasteiger partial charge in [-0.05, 0) is 47.9 Å². The van der Waals surface area contributed by atoms with E-state index in [1.165, 1.54) is 0 Å². The molecule has 0 heterocycles. The first kappa shape index (κ1) is 18.6. The number of hydrogen-bond donors (Lipinski definition) is 1. The molecular weight excluding hydrogens is 356 g/mol. The molecule has 0 aliphatic heterocycles. The maximum absolute atomic E-state index is 11.8. The van der Waals surface area contributed by atoms with Gasteiger partial charge in [0.1, 0.15) is 5.84 Å². The number of aliphatic imine (C=N–C) groups is 1. The third kappa shape index (κ3) is 4.33. The zero-order chi connectivity index (χ0) is 19.4. The van der Waals surface area contributed by atoms with Gasteiger partial charge in [-0.1, -0.05) is 66.7 Å². The van der Waals surface area contributed by atoms with Gasteiger partial charge in [-0.15, -0.1) is 0 Å². The Kier molecular flexibility index (Phi) is 5.53. The maximum atomic E-state index is 11.8. The second-order valence-corrected chi connectivity index (χ2v) is 6.57. The molecule has 0 aliphatic carbocycles. The predicted octanol–water partition coefficient (Wildman–Crippen LogP) is 5.91. The Morgan fingerprint density at radius 2 is 1.59 bits per heavy atom. The summed E-state index contributed by atoms with van der Waals surface area (Å²) in [6.07, 6.45) is 0. The molecule has 2 N–H and O–H groups in total. The van der Waals surface area contributed by atoms with E-state index in [9.17, 15) is 4.79 Å². The van der Waals surface area contributed by atoms with Crippen molar-refractivity contribution in [1.82, 2.24) is 0 Å². The van der Waals surface area contributed by atoms with Gasteiger partial charge in [-0.3, -0.25) is 4.79 Å². The van der Waals surface area contributed by atoms with E-state index in [1.54, 1.807) is 31.2 Å². The molecule has 0 aliphatic rings. The number of carbonyl (C=O) groups is 1. The lowest BCUT2D eigenvalue weighted by atomic mass is 9.95. The van der Waals surface area contributed by atoms with Crippen LogP contribution in [-0.2, 0) is 0 Å². The summed E-state index contributed by atoms with van der Waals surface area (Å²) < 4.78 is 0. The van der Waals surface area contributed by atoms with Gasteiger partial charge in [0.05, 0.1) is 5.69 Å². The Bertz CT molecular complexity index is 1020. The van der Waals surface area contributed by atoms with Crippen molar-refractivity contribution < 1.29 is 4.79 Å². The SMILES string of the molecule is C=C(C(N)=Nc1ccc(Cl)cc1)c1ccc(-c2ccccc2C(C)=O)cc1. The van der Waals surface area contributed by atoms with E-state index in [2.05, 4.69) is 11.6 Å². The molecule has 3 rings (SSSR count). The Labute approximate surface area is 163 Å². The summed E-state index contributed by atoms with van der Waals surface area (Å²) in [5.74, 6) is 0.382. The summed E-state index contributed by atoms with van der Waals surface area (Å²) in [7, 11) is 0. The van der Waals surface area contributed by atoms with E-state index < -0.39 is 0 Å². The molecule has 3 nitrogen and oxygen atoms in total. The van der Waals surface area contributed by atoms with Crippen LogP contribution in [-0.4, -0.2) is 11.6 Å². The lowest BCUT2D eigenvalue weighted by molar-refractivity contribution is 0.101. The highest BCUT2D eigenvalue weighted by molar-refractivity contribution is 6.30. The van der Waals surface area contributed by atoms with Crippen molar-refractivity contribution in [3.05, 3.63) is 95.5 Å². The Morgan fingerprint density at radius 1 is 0.963 bits per heavy atom. The summed E-state index contributed by atoms with van der Waals surface area (Å²) in [5, 5.41) is 0.646. The standard InChI is InChI=1S/C23H19ClN2O/c1-15(23(25)26-20-13-11-19(24)12-14-20)17-7-9-18(10-8-17)22-6-4-3-5-21(22)16(2)27/h3-14H,1H2,2H3,(H2,25,26). The van der Waals surface area contributed by atoms with Crippen LogP contribution in [0.2, 0.25) is 5.02 Å². The Balaban J connectivity index is 1.86. The van der Waals surface area contributed by atoms with Crippen LogP contribution in [0, 0.1) is 0 Å². The quantitative estimate of drug-likeness (QED) is 0.343. The average molecular weight is 375 g/mol. The molecule has 0 fully saturated rings. The number of benzene rings is 3. The molecule has 3 aromatic carbocycles. The summed E-state index contributed by atoms with van der Waals surface area (Å²) in [6.45, 7) is 5.62. The highest BCUT2D eigenvalue weighted by Crippen LogP contribution is 2.26. The van der Waals surface area contributed by atoms with Gasteiger partial charge in [0.25, 0.3) is 0 Å². The third-order valence-electron chi connectivity index (χ3n) is 4.24. The summed E-state index contributed by atoms with van der Waals surface area (Å²) in [5.41, 5.74) is 10.9. The minimum atomic E-state index is 0.0402. The Hall–Kier alpha value is -3.17. The molecule has 0 spiro atoms. The van der Waals surface area contributed by atoms with E-state index in [4.69, 9.17) is 17.3 Å². The van der Waals surface area contributed by atoms with E-state index >= 15 is 0 Å². The van der Waals surface area contributed by atoms with E-state index in [0.717, 1.165) is 16.7 Å². The van der Waals surface area contributed by atoms with Crippen LogP contribution in [0.3, 0.4) is 0 Å². The van der Waals surface area contributed by atoms with E-state index in [-0.39, 0.29) is 5.78 Å². The smallest absolute Gasteiger partial charge is 0.160 e. The number of nitrogens with zero attached hydrogens (tertiary/aromatic N) is 1. The second kappa shape index (κ2) is 8.02. The lowest BCUT2D eigenvalue weighted by Gasteiger charge is -2.10. The molecular formula is C23H19ClN2O. The van der Waals surface area contributed by atoms with Crippen molar-refractivity contribution >= 4 is 34.5 Å². The van der Waals surface area contributed by atoms with Gasteiger partial charge in [-0.25, -0.2) is 4.99 Å². The topological polar surface area (TPSA) is 55.4 Å². The van der Waals surface area contributed by atoms with Crippen molar-refractivity contribution in [2.75, 3.05) is 0 Å². The molecule has 0 saturated heterocycles. The molecule has 134 valence electrons. The average Bonchev–Trinajstić information content (AvgIpc) is 2.69. The molecule has 4 heteroatoms. The minimum Gasteiger partial charge on any atom is -0.383 e. The zero-order valence-electron chi connectivity index (χ0n) is 14.9. The number of amidine groups is 1. The largest absolute Gasteiger partial charge is 0.383 e. The van der Waals surface area contributed by atoms with Crippen LogP contribution in [0.4, 0.5) is 5.69 Å². The number of halogens is 1. The summed E-state index contributed by atoms with van der Waals surface area (Å²) >= 11 is 5.88. The molecule has 0 aromatic heterocycles. The third-order valence-corrected chi connectivity index (χ3v) is 4.49. The van der Waals surface area contributed by atoms with Gasteiger partial charge >= 0.3 is 0 Å². The number of ketones is 1. The van der Waals surface area contributed by atoms with Crippen LogP contribution < -0.4 is 5.73 Å². The highest BCUT2D eigenvalue weighted by Gasteiger charge is 2.09. The first-order chi connectivity index (χ1) is 13.0. The fraction of sp³-hybridized carbons (Fsp3) is 0.0435. The summed E-state index contributed by atoms with van der Waals surface area (Å²) in [4.78, 5) is 16.2. The van der Waals surface area contributed by atoms with Crippen LogP contribution in [0.1, 0.15) is 22.8 Å². The molecule has 27 heavy (non-hydrogen) atoms. The fourth-order valence-corrected chi connectivity index (χ4v) is 2.89. The highest BCUT2D eigenvalue weighted by atomic mass is 35.5. The maximum Gasteiger partial charge on any atom is 0.160 e. The van der Waals surface area contributed by atoms with Crippen molar-refractivity contribution in [3.8, 4) is 11.1 Å². The molecule has 0 atom stereocenters. The minimum absolute atomic E-state index is 0.0402. The van der Waals surface area contributed by atoms with Gasteiger partial charge < -0.3 is 5.73 Å². The van der Waals surface area contributed by atoms with E-state index in [0.29, 0.717) is 27.7 Å². The number of Topliss-reactive ketones (excluding diaryl/α,β-unsaturated/α-hetero) is 1. The first-order valence-electron chi connectivity index (χ1n) is 8.45. The number of hydrogen-bond acceptors (Lipinski definition) is 2. The number of nitrogens with two attached hydrogens (primary N) is 1. The van der Waals surface area contributed by atoms with E-state index in [1.807, 2.05) is 48.5 Å². The summed E-state index contributed by atoms with van der Waals surface area (Å²) in [6, 6.07) is 22.4. The van der Waals surface area contributed by atoms with Crippen molar-refractivity contribution in [2.45, 2.75) is 6.92 Å². The molecule has 0 amide bonds. The van der Waals surface area contributed by atoms with Crippen molar-refractivity contribution in [2.24, 2.45) is 10.7 Å². The predicted molar refractivity (Wildman–Crippen MR) is 114 cm³/mol. The first-order valence-corrected chi connectivity index (χ1v) is 8.83. The normalized spacial score (nSPS) is 11.3. The van der Waals surface area contributed by atoms with Gasteiger partial charge in [0, 0.05) is 16.2 Å². The van der Waals surface area contributed by atoms with Crippen LogP contribution in [0.5, 0.6) is 0 Å². The Morgan fingerprint density at radius 3 is 2.22 bits per heavy atom. The van der Waals surface area contributed by atoms with Crippen LogP contribution >= 0.6 is 11.6 Å². The number of carbonyl (C=O) groups excluding carboxylic acids is 1. The van der Waals surface area contributed by atoms with Gasteiger partial charge in [-0.2, -0.15) is 0 Å². The monoisotopic (exact) mass is 374 g/mol. The number of rotatable bonds is 5. The van der Waals surface area contributed by atoms with Gasteiger partial charge in [0.15, 0.2) is 5.78 Å². The van der Waals surface area contributed by atoms with Crippen molar-refractivity contribution in [3.63, 3.8) is 0 Å². The zero-order valence-corrected chi connectivity index (χ0v) is 15.7. The molecule has 0 saturated carbocycles. The van der Waals surface area contributed by atoms with Crippen LogP contribution in [0.25, 0.3) is 16.7 Å². The molecule has 0 bridgehead atoms. The molecule has 0 unspecified atom stereocenters. The van der Waals surface area contributed by atoms with Gasteiger partial charge in [0.2, 0.25) is 0 Å². The molecule has 0 radical (unpaired) electrons. The second-order valence-electron chi connectivity index (χ2n) is 6.13. The fourth-order valence-electron chi connectivity index (χ4n) is 2.76.